The van der Waals surface area contributed by atoms with Gasteiger partial charge in [0.1, 0.15) is 23.8 Å². The van der Waals surface area contributed by atoms with E-state index in [0.717, 1.165) is 50.8 Å². The molecule has 3 heterocycles. The molecule has 1 saturated carbocycles. The van der Waals surface area contributed by atoms with Crippen molar-refractivity contribution in [3.8, 4) is 28.3 Å². The summed E-state index contributed by atoms with van der Waals surface area (Å²) < 4.78 is 16.0. The Morgan fingerprint density at radius 2 is 1.39 bits per heavy atom. The predicted molar refractivity (Wildman–Crippen MR) is 239 cm³/mol. The van der Waals surface area contributed by atoms with Crippen molar-refractivity contribution in [2.45, 2.75) is 130 Å². The van der Waals surface area contributed by atoms with Crippen molar-refractivity contribution in [3.63, 3.8) is 0 Å². The first-order valence-corrected chi connectivity index (χ1v) is 21.2. The molecule has 4 aromatic carbocycles. The second-order valence-electron chi connectivity index (χ2n) is 19.7. The zero-order chi connectivity index (χ0) is 40.4. The monoisotopic (exact) mass is 759 g/mol. The van der Waals surface area contributed by atoms with Gasteiger partial charge in [-0.2, -0.15) is 0 Å². The molecule has 0 amide bonds. The van der Waals surface area contributed by atoms with Gasteiger partial charge >= 0.3 is 0 Å². The van der Waals surface area contributed by atoms with E-state index < -0.39 is 0 Å². The average molecular weight is 760 g/mol. The van der Waals surface area contributed by atoms with Gasteiger partial charge in [0.25, 0.3) is 0 Å². The van der Waals surface area contributed by atoms with E-state index in [1.54, 1.807) is 0 Å². The van der Waals surface area contributed by atoms with E-state index in [2.05, 4.69) is 160 Å². The fraction of sp³-hybridized carbons (Fsp3) is 0.423. The van der Waals surface area contributed by atoms with Crippen LogP contribution in [-0.4, -0.2) is 27.6 Å². The van der Waals surface area contributed by atoms with E-state index in [9.17, 15) is 0 Å². The molecule has 296 valence electrons. The number of pyridine rings is 1. The summed E-state index contributed by atoms with van der Waals surface area (Å²) in [6, 6.07) is 31.2. The van der Waals surface area contributed by atoms with E-state index in [-0.39, 0.29) is 16.4 Å². The van der Waals surface area contributed by atoms with Crippen molar-refractivity contribution in [3.05, 3.63) is 119 Å². The summed E-state index contributed by atoms with van der Waals surface area (Å²) in [5.41, 5.74) is 11.3. The SMILES string of the molecule is CC(C)c1cccc(C(C)C)c1-c1cc(Oc2cc(-n3c4ccc(C(C)(C)C)cc4c4cccnc43)cc(C(C)(C)C)c2)cc(C2=N[C@](C)(C3CCCC3)CO2)c1. The molecule has 1 aliphatic heterocycles. The average Bonchev–Trinajstić information content (AvgIpc) is 3.92. The molecule has 57 heavy (non-hydrogen) atoms. The lowest BCUT2D eigenvalue weighted by Crippen LogP contribution is -2.32. The summed E-state index contributed by atoms with van der Waals surface area (Å²) in [6.45, 7) is 25.7. The van der Waals surface area contributed by atoms with E-state index in [1.165, 1.54) is 58.9 Å². The van der Waals surface area contributed by atoms with Gasteiger partial charge in [0.05, 0.1) is 16.7 Å². The summed E-state index contributed by atoms with van der Waals surface area (Å²) in [5, 5.41) is 2.35. The van der Waals surface area contributed by atoms with E-state index in [0.29, 0.717) is 24.4 Å². The molecule has 6 aromatic rings. The van der Waals surface area contributed by atoms with Crippen LogP contribution in [0, 0.1) is 5.92 Å². The van der Waals surface area contributed by atoms with Gasteiger partial charge in [-0.3, -0.25) is 4.57 Å². The largest absolute Gasteiger partial charge is 0.475 e. The van der Waals surface area contributed by atoms with Gasteiger partial charge in [-0.15, -0.1) is 0 Å². The molecular formula is C52H61N3O2. The minimum Gasteiger partial charge on any atom is -0.475 e. The second-order valence-corrected chi connectivity index (χ2v) is 19.7. The summed E-state index contributed by atoms with van der Waals surface area (Å²) >= 11 is 0. The summed E-state index contributed by atoms with van der Waals surface area (Å²) in [4.78, 5) is 10.3. The zero-order valence-corrected chi connectivity index (χ0v) is 36.1. The van der Waals surface area contributed by atoms with Crippen molar-refractivity contribution < 1.29 is 9.47 Å². The zero-order valence-electron chi connectivity index (χ0n) is 36.1. The number of hydrogen-bond acceptors (Lipinski definition) is 4. The van der Waals surface area contributed by atoms with E-state index in [4.69, 9.17) is 19.5 Å². The quantitative estimate of drug-likeness (QED) is 0.155. The highest BCUT2D eigenvalue weighted by molar-refractivity contribution is 6.08. The minimum atomic E-state index is -0.207. The lowest BCUT2D eigenvalue weighted by atomic mass is 9.84. The number of ether oxygens (including phenoxy) is 2. The standard InChI is InChI=1S/C52H61N3O2/c1-32(2)42-18-14-19-43(33(3)4)47(42)34-24-35(49-54-52(11,31-56-49)36-16-12-13-17-36)26-40(25-34)57-41-28-38(51(8,9)10)27-39(30-41)55-46-22-21-37(50(5,6)7)29-45(46)44-20-15-23-53-48(44)55/h14-15,18-30,32-33,36H,12-13,16-17,31H2,1-11H3/t52-/m0/s1. The Labute approximate surface area is 340 Å². The molecule has 2 aliphatic rings. The van der Waals surface area contributed by atoms with Crippen LogP contribution in [0.3, 0.4) is 0 Å². The van der Waals surface area contributed by atoms with Gasteiger partial charge in [-0.05, 0) is 136 Å². The van der Waals surface area contributed by atoms with Gasteiger partial charge < -0.3 is 9.47 Å². The highest BCUT2D eigenvalue weighted by Crippen LogP contribution is 2.43. The maximum atomic E-state index is 7.11. The number of hydrogen-bond donors (Lipinski definition) is 0. The van der Waals surface area contributed by atoms with Crippen molar-refractivity contribution in [2.75, 3.05) is 6.61 Å². The number of aliphatic imine (C=N–C) groups is 1. The van der Waals surface area contributed by atoms with Crippen molar-refractivity contribution in [1.29, 1.82) is 0 Å². The van der Waals surface area contributed by atoms with Crippen LogP contribution in [-0.2, 0) is 15.6 Å². The maximum Gasteiger partial charge on any atom is 0.216 e. The van der Waals surface area contributed by atoms with Gasteiger partial charge in [0.2, 0.25) is 5.90 Å². The molecule has 0 unspecified atom stereocenters. The number of fused-ring (bicyclic) bond motifs is 3. The Morgan fingerprint density at radius 3 is 2.05 bits per heavy atom. The molecule has 0 saturated heterocycles. The highest BCUT2D eigenvalue weighted by Gasteiger charge is 2.41. The first-order valence-electron chi connectivity index (χ1n) is 21.2. The molecule has 0 bridgehead atoms. The maximum absolute atomic E-state index is 7.11. The molecule has 1 fully saturated rings. The molecule has 0 N–H and O–H groups in total. The first-order chi connectivity index (χ1) is 27.0. The molecule has 5 nitrogen and oxygen atoms in total. The third-order valence-corrected chi connectivity index (χ3v) is 12.6. The Bertz CT molecular complexity index is 2470. The Kier molecular flexibility index (Phi) is 9.90. The number of rotatable bonds is 8. The van der Waals surface area contributed by atoms with Crippen LogP contribution in [0.4, 0.5) is 0 Å². The van der Waals surface area contributed by atoms with Gasteiger partial charge in [0, 0.05) is 28.6 Å². The van der Waals surface area contributed by atoms with Crippen molar-refractivity contribution in [1.82, 2.24) is 9.55 Å². The van der Waals surface area contributed by atoms with Crippen LogP contribution in [0.25, 0.3) is 38.8 Å². The van der Waals surface area contributed by atoms with Gasteiger partial charge in [0.15, 0.2) is 0 Å². The normalized spacial score (nSPS) is 17.9. The minimum absolute atomic E-state index is 0.0290. The van der Waals surface area contributed by atoms with Gasteiger partial charge in [-0.1, -0.05) is 106 Å². The van der Waals surface area contributed by atoms with Crippen LogP contribution in [0.5, 0.6) is 11.5 Å². The van der Waals surface area contributed by atoms with Crippen LogP contribution >= 0.6 is 0 Å². The molecule has 0 radical (unpaired) electrons. The lowest BCUT2D eigenvalue weighted by Gasteiger charge is -2.25. The predicted octanol–water partition coefficient (Wildman–Crippen LogP) is 14.2. The Morgan fingerprint density at radius 1 is 0.719 bits per heavy atom. The summed E-state index contributed by atoms with van der Waals surface area (Å²) in [7, 11) is 0. The molecule has 8 rings (SSSR count). The fourth-order valence-electron chi connectivity index (χ4n) is 9.14. The van der Waals surface area contributed by atoms with Crippen LogP contribution in [0.15, 0.2) is 96.1 Å². The van der Waals surface area contributed by atoms with E-state index in [1.807, 2.05) is 12.3 Å². The molecule has 2 aromatic heterocycles. The van der Waals surface area contributed by atoms with Crippen molar-refractivity contribution in [2.24, 2.45) is 10.9 Å². The lowest BCUT2D eigenvalue weighted by molar-refractivity contribution is 0.207. The molecule has 0 spiro atoms. The summed E-state index contributed by atoms with van der Waals surface area (Å²) in [6.07, 6.45) is 6.89. The molecule has 1 aliphatic carbocycles. The third kappa shape index (κ3) is 7.39. The number of nitrogens with zero attached hydrogens (tertiary/aromatic N) is 3. The van der Waals surface area contributed by atoms with Gasteiger partial charge in [-0.25, -0.2) is 9.98 Å². The third-order valence-electron chi connectivity index (χ3n) is 12.6. The molecule has 5 heteroatoms. The van der Waals surface area contributed by atoms with Crippen LogP contribution in [0.1, 0.15) is 141 Å². The Balaban J connectivity index is 1.31. The summed E-state index contributed by atoms with van der Waals surface area (Å²) in [5.74, 6) is 3.52. The van der Waals surface area contributed by atoms with Crippen LogP contribution < -0.4 is 4.74 Å². The topological polar surface area (TPSA) is 48.6 Å². The Hall–Kier alpha value is -4.90. The number of benzene rings is 4. The first kappa shape index (κ1) is 38.9. The smallest absolute Gasteiger partial charge is 0.216 e. The molecular weight excluding hydrogens is 699 g/mol. The van der Waals surface area contributed by atoms with E-state index >= 15 is 0 Å². The highest BCUT2D eigenvalue weighted by atomic mass is 16.5. The molecule has 1 atom stereocenters. The number of aromatic nitrogens is 2. The van der Waals surface area contributed by atoms with Crippen molar-refractivity contribution >= 4 is 27.8 Å². The second kappa shape index (κ2) is 14.5. The fourth-order valence-corrected chi connectivity index (χ4v) is 9.14. The van der Waals surface area contributed by atoms with Crippen LogP contribution in [0.2, 0.25) is 0 Å².